The first-order chi connectivity index (χ1) is 11.0. The Hall–Kier alpha value is -2.52. The molecule has 0 saturated heterocycles. The van der Waals surface area contributed by atoms with Crippen molar-refractivity contribution >= 4 is 23.5 Å². The number of nitrogens with two attached hydrogens (primary N) is 1. The van der Waals surface area contributed by atoms with Crippen LogP contribution in [0, 0.1) is 17.2 Å². The molecule has 118 valence electrons. The third-order valence-corrected chi connectivity index (χ3v) is 4.62. The van der Waals surface area contributed by atoms with Gasteiger partial charge in [0.25, 0.3) is 0 Å². The summed E-state index contributed by atoms with van der Waals surface area (Å²) in [4.78, 5) is 23.7. The highest BCUT2D eigenvalue weighted by atomic mass is 32.2. The number of rotatable bonds is 5. The largest absolute Gasteiger partial charge is 0.369 e. The van der Waals surface area contributed by atoms with Crippen LogP contribution in [0.2, 0.25) is 0 Å². The van der Waals surface area contributed by atoms with Crippen molar-refractivity contribution in [1.82, 2.24) is 5.32 Å². The van der Waals surface area contributed by atoms with Crippen molar-refractivity contribution < 1.29 is 9.59 Å². The van der Waals surface area contributed by atoms with Crippen molar-refractivity contribution in [2.75, 3.05) is 5.75 Å². The smallest absolute Gasteiger partial charge is 0.227 e. The van der Waals surface area contributed by atoms with Crippen LogP contribution >= 0.6 is 11.8 Å². The number of hydrogen-bond donors (Lipinski definition) is 2. The summed E-state index contributed by atoms with van der Waals surface area (Å²) in [6, 6.07) is 11.1. The van der Waals surface area contributed by atoms with E-state index in [2.05, 4.69) is 11.4 Å². The molecule has 1 aliphatic rings. The van der Waals surface area contributed by atoms with Gasteiger partial charge >= 0.3 is 0 Å². The quantitative estimate of drug-likeness (QED) is 0.809. The Labute approximate surface area is 139 Å². The molecule has 0 bridgehead atoms. The summed E-state index contributed by atoms with van der Waals surface area (Å²) in [5.41, 5.74) is 7.45. The summed E-state index contributed by atoms with van der Waals surface area (Å²) in [6.07, 6.45) is 0. The maximum Gasteiger partial charge on any atom is 0.227 e. The second-order valence-corrected chi connectivity index (χ2v) is 6.18. The molecule has 3 N–H and O–H groups in total. The number of primary amides is 1. The first kappa shape index (κ1) is 16.8. The van der Waals surface area contributed by atoms with Crippen molar-refractivity contribution in [3.05, 3.63) is 57.8 Å². The molecule has 1 aliphatic heterocycles. The number of allylic oxidation sites excluding steroid dienone is 3. The molecule has 0 aliphatic carbocycles. The summed E-state index contributed by atoms with van der Waals surface area (Å²) in [5.74, 6) is -0.823. The number of Topliss-reactive ketones (excluding diaryl/α,β-unsaturated/α-hetero) is 1. The van der Waals surface area contributed by atoms with Crippen molar-refractivity contribution in [1.29, 1.82) is 5.26 Å². The predicted molar refractivity (Wildman–Crippen MR) is 90.1 cm³/mol. The Morgan fingerprint density at radius 1 is 1.35 bits per heavy atom. The molecular weight excluding hydrogens is 310 g/mol. The number of dihydropyridines is 1. The molecule has 0 unspecified atom stereocenters. The summed E-state index contributed by atoms with van der Waals surface area (Å²) in [6.45, 7) is 3.62. The Bertz CT molecular complexity index is 745. The summed E-state index contributed by atoms with van der Waals surface area (Å²) in [7, 11) is 0. The number of amides is 1. The van der Waals surface area contributed by atoms with E-state index in [0.717, 1.165) is 0 Å². The zero-order valence-electron chi connectivity index (χ0n) is 12.9. The molecule has 0 aromatic heterocycles. The fourth-order valence-corrected chi connectivity index (χ4v) is 3.38. The molecular formula is C17H17N3O2S. The van der Waals surface area contributed by atoms with Crippen LogP contribution in [0.3, 0.4) is 0 Å². The van der Waals surface area contributed by atoms with E-state index < -0.39 is 5.91 Å². The molecule has 1 aromatic rings. The van der Waals surface area contributed by atoms with Crippen molar-refractivity contribution in [2.24, 2.45) is 11.7 Å². The van der Waals surface area contributed by atoms with Gasteiger partial charge in [0.05, 0.1) is 22.4 Å². The van der Waals surface area contributed by atoms with Gasteiger partial charge < -0.3 is 11.1 Å². The van der Waals surface area contributed by atoms with Gasteiger partial charge in [0.1, 0.15) is 0 Å². The average Bonchev–Trinajstić information content (AvgIpc) is 2.53. The number of ketones is 1. The molecule has 1 aromatic carbocycles. The monoisotopic (exact) mass is 327 g/mol. The van der Waals surface area contributed by atoms with E-state index in [1.54, 1.807) is 31.2 Å². The molecule has 0 fully saturated rings. The van der Waals surface area contributed by atoms with Crippen LogP contribution in [0.25, 0.3) is 0 Å². The number of benzene rings is 1. The van der Waals surface area contributed by atoms with Crippen LogP contribution < -0.4 is 11.1 Å². The highest BCUT2D eigenvalue weighted by Crippen LogP contribution is 2.34. The van der Waals surface area contributed by atoms with E-state index in [1.807, 2.05) is 13.0 Å². The Morgan fingerprint density at radius 2 is 2.00 bits per heavy atom. The first-order valence-corrected chi connectivity index (χ1v) is 8.07. The van der Waals surface area contributed by atoms with E-state index in [4.69, 9.17) is 5.73 Å². The highest BCUT2D eigenvalue weighted by molar-refractivity contribution is 8.03. The van der Waals surface area contributed by atoms with Crippen LogP contribution in [0.1, 0.15) is 24.2 Å². The van der Waals surface area contributed by atoms with E-state index >= 15 is 0 Å². The zero-order chi connectivity index (χ0) is 17.0. The van der Waals surface area contributed by atoms with E-state index in [0.29, 0.717) is 27.4 Å². The lowest BCUT2D eigenvalue weighted by molar-refractivity contribution is -0.115. The number of carbonyl (C=O) groups excluding carboxylic acids is 2. The zero-order valence-corrected chi connectivity index (χ0v) is 13.7. The first-order valence-electron chi connectivity index (χ1n) is 7.08. The molecule has 23 heavy (non-hydrogen) atoms. The van der Waals surface area contributed by atoms with Gasteiger partial charge in [0.2, 0.25) is 5.91 Å². The summed E-state index contributed by atoms with van der Waals surface area (Å²) in [5, 5.41) is 13.1. The maximum atomic E-state index is 12.7. The van der Waals surface area contributed by atoms with Crippen molar-refractivity contribution in [3.63, 3.8) is 0 Å². The lowest BCUT2D eigenvalue weighted by Crippen LogP contribution is -2.28. The second kappa shape index (κ2) is 7.16. The molecule has 0 radical (unpaired) electrons. The minimum absolute atomic E-state index is 0.0788. The molecule has 2 rings (SSSR count). The van der Waals surface area contributed by atoms with Gasteiger partial charge in [-0.1, -0.05) is 49.0 Å². The normalized spacial score (nSPS) is 17.5. The molecule has 1 amide bonds. The van der Waals surface area contributed by atoms with Crippen LogP contribution in [0.5, 0.6) is 0 Å². The van der Waals surface area contributed by atoms with Gasteiger partial charge in [-0.3, -0.25) is 9.59 Å². The topological polar surface area (TPSA) is 96.0 Å². The van der Waals surface area contributed by atoms with E-state index in [1.165, 1.54) is 11.8 Å². The standard InChI is InChI=1S/C17H17N3O2S/c1-10-13(8-18)17(23-9-14(19)21)20-11(2)15(10)16(22)12-6-4-3-5-7-12/h3-7,10,20H,9H2,1-2H3,(H2,19,21)/t10-/m1/s1. The van der Waals surface area contributed by atoms with Gasteiger partial charge in [-0.25, -0.2) is 0 Å². The average molecular weight is 327 g/mol. The molecule has 0 saturated carbocycles. The van der Waals surface area contributed by atoms with E-state index in [9.17, 15) is 14.9 Å². The molecule has 1 heterocycles. The van der Waals surface area contributed by atoms with Gasteiger partial charge in [-0.15, -0.1) is 0 Å². The maximum absolute atomic E-state index is 12.7. The molecule has 5 nitrogen and oxygen atoms in total. The number of carbonyl (C=O) groups is 2. The number of nitrogens with zero attached hydrogens (tertiary/aromatic N) is 1. The Kier molecular flexibility index (Phi) is 5.24. The number of thioether (sulfide) groups is 1. The Morgan fingerprint density at radius 3 is 2.57 bits per heavy atom. The summed E-state index contributed by atoms with van der Waals surface area (Å²) < 4.78 is 0. The number of hydrogen-bond acceptors (Lipinski definition) is 5. The number of nitrogens with one attached hydrogen (secondary N) is 1. The highest BCUT2D eigenvalue weighted by Gasteiger charge is 2.30. The predicted octanol–water partition coefficient (Wildman–Crippen LogP) is 2.34. The lowest BCUT2D eigenvalue weighted by atomic mass is 9.85. The number of nitriles is 1. The van der Waals surface area contributed by atoms with Gasteiger partial charge in [-0.2, -0.15) is 5.26 Å². The van der Waals surface area contributed by atoms with Crippen LogP contribution in [0.15, 0.2) is 52.2 Å². The lowest BCUT2D eigenvalue weighted by Gasteiger charge is -2.27. The van der Waals surface area contributed by atoms with Gasteiger partial charge in [0, 0.05) is 22.8 Å². The third kappa shape index (κ3) is 3.63. The second-order valence-electron chi connectivity index (χ2n) is 5.19. The SMILES string of the molecule is CC1=C(C(=O)c2ccccc2)[C@H](C)C(C#N)=C(SCC(N)=O)N1. The summed E-state index contributed by atoms with van der Waals surface area (Å²) >= 11 is 1.18. The fourth-order valence-electron chi connectivity index (χ4n) is 2.49. The third-order valence-electron chi connectivity index (χ3n) is 3.58. The van der Waals surface area contributed by atoms with Crippen LogP contribution in [-0.2, 0) is 4.79 Å². The van der Waals surface area contributed by atoms with Crippen molar-refractivity contribution in [3.8, 4) is 6.07 Å². The van der Waals surface area contributed by atoms with Gasteiger partial charge in [0.15, 0.2) is 5.78 Å². The fraction of sp³-hybridized carbons (Fsp3) is 0.235. The van der Waals surface area contributed by atoms with Crippen molar-refractivity contribution in [2.45, 2.75) is 13.8 Å². The molecule has 1 atom stereocenters. The molecule has 6 heteroatoms. The van der Waals surface area contributed by atoms with Crippen LogP contribution in [-0.4, -0.2) is 17.4 Å². The van der Waals surface area contributed by atoms with Gasteiger partial charge in [-0.05, 0) is 6.92 Å². The Balaban J connectivity index is 2.34. The molecule has 0 spiro atoms. The minimum atomic E-state index is -0.456. The van der Waals surface area contributed by atoms with E-state index in [-0.39, 0.29) is 17.5 Å². The minimum Gasteiger partial charge on any atom is -0.369 e. The van der Waals surface area contributed by atoms with Crippen LogP contribution in [0.4, 0.5) is 0 Å².